The fraction of sp³-hybridized carbons (Fsp3) is 0.263. The van der Waals surface area contributed by atoms with E-state index in [-0.39, 0.29) is 29.1 Å². The molecule has 0 unspecified atom stereocenters. The largest absolute Gasteiger partial charge is 0.337 e. The number of anilines is 1. The first-order chi connectivity index (χ1) is 12.1. The second-order valence-corrected chi connectivity index (χ2v) is 6.87. The highest BCUT2D eigenvalue weighted by Crippen LogP contribution is 2.19. The number of benzene rings is 2. The minimum atomic E-state index is -0.346. The fourth-order valence-electron chi connectivity index (χ4n) is 2.76. The van der Waals surface area contributed by atoms with Crippen LogP contribution in [0, 0.1) is 5.82 Å². The fourth-order valence-corrected chi connectivity index (χ4v) is 3.48. The molecule has 0 atom stereocenters. The van der Waals surface area contributed by atoms with Crippen molar-refractivity contribution in [2.75, 3.05) is 23.4 Å². The van der Waals surface area contributed by atoms with Crippen molar-refractivity contribution >= 4 is 29.3 Å². The molecular formula is C19H19FN2O2S. The first kappa shape index (κ1) is 17.5. The summed E-state index contributed by atoms with van der Waals surface area (Å²) in [5.74, 6) is -0.0319. The predicted molar refractivity (Wildman–Crippen MR) is 97.9 cm³/mol. The van der Waals surface area contributed by atoms with Crippen LogP contribution in [0.2, 0.25) is 0 Å². The van der Waals surface area contributed by atoms with E-state index in [1.807, 2.05) is 17.0 Å². The third-order valence-electron chi connectivity index (χ3n) is 4.07. The van der Waals surface area contributed by atoms with Crippen molar-refractivity contribution in [1.82, 2.24) is 4.90 Å². The number of carbonyl (C=O) groups is 2. The Morgan fingerprint density at radius 2 is 1.76 bits per heavy atom. The maximum Gasteiger partial charge on any atom is 0.234 e. The summed E-state index contributed by atoms with van der Waals surface area (Å²) in [6.07, 6.45) is 0.873. The molecule has 130 valence electrons. The highest BCUT2D eigenvalue weighted by atomic mass is 32.2. The van der Waals surface area contributed by atoms with Crippen LogP contribution in [0.1, 0.15) is 11.1 Å². The molecule has 4 nitrogen and oxygen atoms in total. The summed E-state index contributed by atoms with van der Waals surface area (Å²) in [5, 5.41) is 2.68. The number of halogens is 1. The summed E-state index contributed by atoms with van der Waals surface area (Å²) in [6.45, 7) is 1.36. The number of nitrogens with one attached hydrogen (secondary N) is 1. The van der Waals surface area contributed by atoms with E-state index < -0.39 is 0 Å². The van der Waals surface area contributed by atoms with Gasteiger partial charge >= 0.3 is 0 Å². The zero-order valence-corrected chi connectivity index (χ0v) is 14.5. The van der Waals surface area contributed by atoms with Gasteiger partial charge in [0.25, 0.3) is 0 Å². The maximum atomic E-state index is 12.8. The van der Waals surface area contributed by atoms with Crippen molar-refractivity contribution in [2.24, 2.45) is 0 Å². The number of hydrogen-bond donors (Lipinski definition) is 1. The van der Waals surface area contributed by atoms with Gasteiger partial charge in [-0.2, -0.15) is 0 Å². The summed E-state index contributed by atoms with van der Waals surface area (Å²) in [6, 6.07) is 13.8. The Morgan fingerprint density at radius 1 is 1.04 bits per heavy atom. The number of rotatable bonds is 5. The molecule has 1 heterocycles. The van der Waals surface area contributed by atoms with Crippen LogP contribution in [-0.2, 0) is 22.6 Å². The lowest BCUT2D eigenvalue weighted by Crippen LogP contribution is -2.37. The summed E-state index contributed by atoms with van der Waals surface area (Å²) in [4.78, 5) is 26.0. The summed E-state index contributed by atoms with van der Waals surface area (Å²) < 4.78 is 12.8. The Balaban J connectivity index is 1.42. The average molecular weight is 358 g/mol. The average Bonchev–Trinajstić information content (AvgIpc) is 2.63. The summed E-state index contributed by atoms with van der Waals surface area (Å²) >= 11 is 1.29. The molecule has 2 aromatic carbocycles. The normalized spacial score (nSPS) is 13.2. The zero-order valence-electron chi connectivity index (χ0n) is 13.7. The van der Waals surface area contributed by atoms with E-state index in [0.717, 1.165) is 13.0 Å². The third kappa shape index (κ3) is 4.82. The molecule has 0 radical (unpaired) electrons. The smallest absolute Gasteiger partial charge is 0.234 e. The van der Waals surface area contributed by atoms with Crippen molar-refractivity contribution in [3.05, 3.63) is 65.5 Å². The minimum absolute atomic E-state index is 0.0501. The molecule has 6 heteroatoms. The topological polar surface area (TPSA) is 49.4 Å². The van der Waals surface area contributed by atoms with Crippen LogP contribution in [0.3, 0.4) is 0 Å². The van der Waals surface area contributed by atoms with Crippen LogP contribution in [-0.4, -0.2) is 34.8 Å². The molecule has 2 aromatic rings. The minimum Gasteiger partial charge on any atom is -0.337 e. The Kier molecular flexibility index (Phi) is 5.71. The summed E-state index contributed by atoms with van der Waals surface area (Å²) in [7, 11) is 0. The van der Waals surface area contributed by atoms with Crippen LogP contribution in [0.25, 0.3) is 0 Å². The summed E-state index contributed by atoms with van der Waals surface area (Å²) in [5.41, 5.74) is 3.05. The molecule has 0 saturated carbocycles. The van der Waals surface area contributed by atoms with Crippen LogP contribution >= 0.6 is 11.8 Å². The Hall–Kier alpha value is -2.34. The number of nitrogens with zero attached hydrogens (tertiary/aromatic N) is 1. The molecule has 0 spiro atoms. The first-order valence-electron chi connectivity index (χ1n) is 8.09. The highest BCUT2D eigenvalue weighted by Gasteiger charge is 2.20. The van der Waals surface area contributed by atoms with Gasteiger partial charge in [0.15, 0.2) is 0 Å². The number of amides is 2. The quantitative estimate of drug-likeness (QED) is 0.894. The van der Waals surface area contributed by atoms with E-state index in [9.17, 15) is 14.0 Å². The lowest BCUT2D eigenvalue weighted by atomic mass is 10.00. The third-order valence-corrected chi connectivity index (χ3v) is 4.99. The van der Waals surface area contributed by atoms with Gasteiger partial charge in [-0.3, -0.25) is 9.59 Å². The molecule has 1 aliphatic rings. The van der Waals surface area contributed by atoms with Crippen molar-refractivity contribution in [3.63, 3.8) is 0 Å². The van der Waals surface area contributed by atoms with Gasteiger partial charge in [0.1, 0.15) is 5.82 Å². The van der Waals surface area contributed by atoms with Crippen LogP contribution in [0.15, 0.2) is 48.5 Å². The van der Waals surface area contributed by atoms with Crippen molar-refractivity contribution in [3.8, 4) is 0 Å². The molecular weight excluding hydrogens is 339 g/mol. The molecule has 0 aliphatic carbocycles. The van der Waals surface area contributed by atoms with E-state index in [2.05, 4.69) is 17.4 Å². The van der Waals surface area contributed by atoms with Gasteiger partial charge in [0.2, 0.25) is 11.8 Å². The van der Waals surface area contributed by atoms with Gasteiger partial charge in [-0.25, -0.2) is 4.39 Å². The number of thioether (sulfide) groups is 1. The van der Waals surface area contributed by atoms with E-state index >= 15 is 0 Å². The number of carbonyl (C=O) groups excluding carboxylic acids is 2. The van der Waals surface area contributed by atoms with E-state index in [1.54, 1.807) is 0 Å². The molecule has 3 rings (SSSR count). The van der Waals surface area contributed by atoms with Gasteiger partial charge in [0, 0.05) is 18.8 Å². The molecule has 0 aromatic heterocycles. The molecule has 1 aliphatic heterocycles. The molecule has 1 N–H and O–H groups in total. The first-order valence-corrected chi connectivity index (χ1v) is 9.25. The number of fused-ring (bicyclic) bond motifs is 1. The van der Waals surface area contributed by atoms with Crippen LogP contribution in [0.5, 0.6) is 0 Å². The zero-order chi connectivity index (χ0) is 17.6. The molecule has 0 saturated heterocycles. The van der Waals surface area contributed by atoms with Gasteiger partial charge in [-0.15, -0.1) is 11.8 Å². The van der Waals surface area contributed by atoms with Crippen LogP contribution < -0.4 is 5.32 Å². The van der Waals surface area contributed by atoms with Crippen LogP contribution in [0.4, 0.5) is 10.1 Å². The molecule has 25 heavy (non-hydrogen) atoms. The van der Waals surface area contributed by atoms with E-state index in [0.29, 0.717) is 12.2 Å². The standard InChI is InChI=1S/C19H19FN2O2S/c20-16-5-7-17(8-6-16)21-18(23)12-25-13-19(24)22-10-9-14-3-1-2-4-15(14)11-22/h1-8H,9-13H2,(H,21,23). The molecule has 0 bridgehead atoms. The number of hydrogen-bond acceptors (Lipinski definition) is 3. The van der Waals surface area contributed by atoms with Crippen molar-refractivity contribution in [2.45, 2.75) is 13.0 Å². The Labute approximate surface area is 150 Å². The van der Waals surface area contributed by atoms with Gasteiger partial charge in [-0.05, 0) is 41.8 Å². The molecule has 2 amide bonds. The SMILES string of the molecule is O=C(CSCC(=O)N1CCc2ccccc2C1)Nc1ccc(F)cc1. The Bertz CT molecular complexity index is 764. The van der Waals surface area contributed by atoms with Crippen molar-refractivity contribution < 1.29 is 14.0 Å². The van der Waals surface area contributed by atoms with E-state index in [1.165, 1.54) is 47.2 Å². The van der Waals surface area contributed by atoms with Crippen molar-refractivity contribution in [1.29, 1.82) is 0 Å². The van der Waals surface area contributed by atoms with Gasteiger partial charge in [-0.1, -0.05) is 24.3 Å². The maximum absolute atomic E-state index is 12.8. The monoisotopic (exact) mass is 358 g/mol. The lowest BCUT2D eigenvalue weighted by Gasteiger charge is -2.28. The van der Waals surface area contributed by atoms with Gasteiger partial charge < -0.3 is 10.2 Å². The lowest BCUT2D eigenvalue weighted by molar-refractivity contribution is -0.129. The van der Waals surface area contributed by atoms with Gasteiger partial charge in [0.05, 0.1) is 11.5 Å². The second kappa shape index (κ2) is 8.16. The van der Waals surface area contributed by atoms with E-state index in [4.69, 9.17) is 0 Å². The second-order valence-electron chi connectivity index (χ2n) is 5.88. The molecule has 0 fully saturated rings. The Morgan fingerprint density at radius 3 is 2.52 bits per heavy atom. The predicted octanol–water partition coefficient (Wildman–Crippen LogP) is 3.08. The highest BCUT2D eigenvalue weighted by molar-refractivity contribution is 8.00.